The van der Waals surface area contributed by atoms with E-state index >= 15 is 0 Å². The van der Waals surface area contributed by atoms with E-state index in [0.717, 1.165) is 13.0 Å². The van der Waals surface area contributed by atoms with Crippen molar-refractivity contribution in [3.63, 3.8) is 0 Å². The zero-order chi connectivity index (χ0) is 10.4. The third kappa shape index (κ3) is 4.46. The van der Waals surface area contributed by atoms with Crippen LogP contribution in [0.3, 0.4) is 0 Å². The molecule has 0 aliphatic carbocycles. The molecule has 1 rings (SSSR count). The largest absolute Gasteiger partial charge is 0.447 e. The van der Waals surface area contributed by atoms with Gasteiger partial charge in [0, 0.05) is 12.6 Å². The molecule has 1 atom stereocenters. The molecule has 1 heterocycles. The molecule has 0 spiro atoms. The highest BCUT2D eigenvalue weighted by atomic mass is 16.6. The second-order valence-corrected chi connectivity index (χ2v) is 3.96. The molecule has 0 aromatic rings. The van der Waals surface area contributed by atoms with Crippen LogP contribution in [0.5, 0.6) is 0 Å². The summed E-state index contributed by atoms with van der Waals surface area (Å²) in [7, 11) is 0. The maximum atomic E-state index is 11.1. The van der Waals surface area contributed by atoms with Crippen molar-refractivity contribution in [2.75, 3.05) is 13.1 Å². The molecule has 2 N–H and O–H groups in total. The van der Waals surface area contributed by atoms with Crippen molar-refractivity contribution in [2.45, 2.75) is 45.3 Å². The molecule has 0 radical (unpaired) electrons. The van der Waals surface area contributed by atoms with Crippen molar-refractivity contribution in [2.24, 2.45) is 0 Å². The van der Waals surface area contributed by atoms with Gasteiger partial charge in [-0.05, 0) is 39.7 Å². The molecule has 0 aromatic heterocycles. The minimum absolute atomic E-state index is 0.0420. The van der Waals surface area contributed by atoms with Crippen LogP contribution in [0.2, 0.25) is 0 Å². The van der Waals surface area contributed by atoms with Crippen LogP contribution in [0, 0.1) is 0 Å². The molecule has 1 fully saturated rings. The molecule has 0 aromatic carbocycles. The highest BCUT2D eigenvalue weighted by Crippen LogP contribution is 2.07. The van der Waals surface area contributed by atoms with Crippen LogP contribution in [0.1, 0.15) is 33.1 Å². The Morgan fingerprint density at radius 2 is 2.43 bits per heavy atom. The summed E-state index contributed by atoms with van der Waals surface area (Å²) >= 11 is 0. The second-order valence-electron chi connectivity index (χ2n) is 3.96. The van der Waals surface area contributed by atoms with Gasteiger partial charge in [-0.3, -0.25) is 0 Å². The SMILES string of the molecule is CC(C)OC(=O)NCC[C@@H]1CCCN1. The zero-order valence-electron chi connectivity index (χ0n) is 9.01. The lowest BCUT2D eigenvalue weighted by molar-refractivity contribution is 0.115. The summed E-state index contributed by atoms with van der Waals surface area (Å²) in [6, 6.07) is 0.578. The lowest BCUT2D eigenvalue weighted by Gasteiger charge is -2.12. The van der Waals surface area contributed by atoms with Crippen molar-refractivity contribution >= 4 is 6.09 Å². The van der Waals surface area contributed by atoms with E-state index in [9.17, 15) is 4.79 Å². The minimum Gasteiger partial charge on any atom is -0.447 e. The van der Waals surface area contributed by atoms with Crippen molar-refractivity contribution in [1.82, 2.24) is 10.6 Å². The van der Waals surface area contributed by atoms with Crippen molar-refractivity contribution in [3.8, 4) is 0 Å². The topological polar surface area (TPSA) is 50.4 Å². The van der Waals surface area contributed by atoms with Crippen LogP contribution in [-0.2, 0) is 4.74 Å². The van der Waals surface area contributed by atoms with E-state index in [4.69, 9.17) is 4.74 Å². The Labute approximate surface area is 85.4 Å². The van der Waals surface area contributed by atoms with E-state index < -0.39 is 0 Å². The van der Waals surface area contributed by atoms with Crippen molar-refractivity contribution in [3.05, 3.63) is 0 Å². The number of amides is 1. The predicted octanol–water partition coefficient (Wildman–Crippen LogP) is 1.26. The Balaban J connectivity index is 1.99. The fourth-order valence-corrected chi connectivity index (χ4v) is 1.61. The highest BCUT2D eigenvalue weighted by molar-refractivity contribution is 5.67. The lowest BCUT2D eigenvalue weighted by Crippen LogP contribution is -2.32. The molecule has 1 saturated heterocycles. The number of ether oxygens (including phenoxy) is 1. The van der Waals surface area contributed by atoms with Crippen LogP contribution in [0.4, 0.5) is 4.79 Å². The van der Waals surface area contributed by atoms with Gasteiger partial charge in [-0.15, -0.1) is 0 Å². The highest BCUT2D eigenvalue weighted by Gasteiger charge is 2.13. The molecule has 0 bridgehead atoms. The molecular formula is C10H20N2O2. The monoisotopic (exact) mass is 200 g/mol. The normalized spacial score (nSPS) is 21.2. The van der Waals surface area contributed by atoms with Gasteiger partial charge in [-0.2, -0.15) is 0 Å². The lowest BCUT2D eigenvalue weighted by atomic mass is 10.2. The first kappa shape index (κ1) is 11.3. The van der Waals surface area contributed by atoms with Gasteiger partial charge >= 0.3 is 6.09 Å². The molecule has 0 unspecified atom stereocenters. The molecule has 4 heteroatoms. The predicted molar refractivity (Wildman–Crippen MR) is 55.3 cm³/mol. The van der Waals surface area contributed by atoms with Gasteiger partial charge in [0.25, 0.3) is 0 Å². The summed E-state index contributed by atoms with van der Waals surface area (Å²) in [6.45, 7) is 5.50. The van der Waals surface area contributed by atoms with Crippen LogP contribution in [0.25, 0.3) is 0 Å². The third-order valence-electron chi connectivity index (χ3n) is 2.27. The fourth-order valence-electron chi connectivity index (χ4n) is 1.61. The van der Waals surface area contributed by atoms with E-state index in [1.165, 1.54) is 12.8 Å². The van der Waals surface area contributed by atoms with Crippen LogP contribution in [0.15, 0.2) is 0 Å². The summed E-state index contributed by atoms with van der Waals surface area (Å²) < 4.78 is 4.94. The van der Waals surface area contributed by atoms with E-state index in [0.29, 0.717) is 12.6 Å². The molecule has 14 heavy (non-hydrogen) atoms. The molecule has 1 amide bonds. The van der Waals surface area contributed by atoms with E-state index in [-0.39, 0.29) is 12.2 Å². The number of rotatable bonds is 4. The molecule has 0 saturated carbocycles. The number of carbonyl (C=O) groups is 1. The van der Waals surface area contributed by atoms with Crippen LogP contribution < -0.4 is 10.6 Å². The zero-order valence-corrected chi connectivity index (χ0v) is 9.01. The van der Waals surface area contributed by atoms with Gasteiger partial charge in [0.1, 0.15) is 0 Å². The van der Waals surface area contributed by atoms with Gasteiger partial charge in [-0.1, -0.05) is 0 Å². The molecule has 1 aliphatic rings. The van der Waals surface area contributed by atoms with Crippen LogP contribution >= 0.6 is 0 Å². The van der Waals surface area contributed by atoms with E-state index in [1.807, 2.05) is 13.8 Å². The average Bonchev–Trinajstić information content (AvgIpc) is 2.55. The van der Waals surface area contributed by atoms with E-state index in [2.05, 4.69) is 10.6 Å². The number of nitrogens with one attached hydrogen (secondary N) is 2. The summed E-state index contributed by atoms with van der Waals surface area (Å²) in [5.74, 6) is 0. The van der Waals surface area contributed by atoms with Gasteiger partial charge in [0.2, 0.25) is 0 Å². The quantitative estimate of drug-likeness (QED) is 0.718. The molecule has 1 aliphatic heterocycles. The Morgan fingerprint density at radius 1 is 1.64 bits per heavy atom. The van der Waals surface area contributed by atoms with Gasteiger partial charge in [-0.25, -0.2) is 4.79 Å². The summed E-state index contributed by atoms with van der Waals surface area (Å²) in [6.07, 6.45) is 3.12. The number of carbonyl (C=O) groups excluding carboxylic acids is 1. The molecular weight excluding hydrogens is 180 g/mol. The summed E-state index contributed by atoms with van der Waals surface area (Å²) in [5.41, 5.74) is 0. The summed E-state index contributed by atoms with van der Waals surface area (Å²) in [4.78, 5) is 11.1. The summed E-state index contributed by atoms with van der Waals surface area (Å²) in [5, 5.41) is 6.12. The van der Waals surface area contributed by atoms with Gasteiger partial charge in [0.15, 0.2) is 0 Å². The van der Waals surface area contributed by atoms with Crippen LogP contribution in [-0.4, -0.2) is 31.3 Å². The first-order chi connectivity index (χ1) is 6.68. The smallest absolute Gasteiger partial charge is 0.407 e. The van der Waals surface area contributed by atoms with Gasteiger partial charge in [0.05, 0.1) is 6.10 Å². The number of hydrogen-bond donors (Lipinski definition) is 2. The Bertz CT molecular complexity index is 177. The Morgan fingerprint density at radius 3 is 3.00 bits per heavy atom. The van der Waals surface area contributed by atoms with Gasteiger partial charge < -0.3 is 15.4 Å². The van der Waals surface area contributed by atoms with E-state index in [1.54, 1.807) is 0 Å². The Kier molecular flexibility index (Phi) is 4.73. The number of hydrogen-bond acceptors (Lipinski definition) is 3. The maximum Gasteiger partial charge on any atom is 0.407 e. The minimum atomic E-state index is -0.307. The third-order valence-corrected chi connectivity index (χ3v) is 2.27. The van der Waals surface area contributed by atoms with Crippen molar-refractivity contribution in [1.29, 1.82) is 0 Å². The second kappa shape index (κ2) is 5.86. The fraction of sp³-hybridized carbons (Fsp3) is 0.900. The standard InChI is InChI=1S/C10H20N2O2/c1-8(2)14-10(13)12-7-5-9-4-3-6-11-9/h8-9,11H,3-7H2,1-2H3,(H,12,13)/t9-/m0/s1. The van der Waals surface area contributed by atoms with Crippen molar-refractivity contribution < 1.29 is 9.53 Å². The maximum absolute atomic E-state index is 11.1. The molecule has 82 valence electrons. The molecule has 4 nitrogen and oxygen atoms in total. The number of alkyl carbamates (subject to hydrolysis) is 1. The first-order valence-electron chi connectivity index (χ1n) is 5.36. The first-order valence-corrected chi connectivity index (χ1v) is 5.36. The average molecular weight is 200 g/mol. The Hall–Kier alpha value is -0.770.